The molecule has 0 aliphatic heterocycles. The van der Waals surface area contributed by atoms with Crippen LogP contribution in [-0.2, 0) is 41.5 Å². The third-order valence-electron chi connectivity index (χ3n) is 7.05. The molecular formula is C37H38Zr-4. The Balaban J connectivity index is 0.000000219. The summed E-state index contributed by atoms with van der Waals surface area (Å²) in [7, 11) is 0. The topological polar surface area (TPSA) is 0 Å². The molecule has 4 aliphatic carbocycles. The van der Waals surface area contributed by atoms with Crippen molar-refractivity contribution in [3.05, 3.63) is 137 Å². The molecule has 0 saturated carbocycles. The second-order valence-corrected chi connectivity index (χ2v) is 10.4. The first-order valence-electron chi connectivity index (χ1n) is 13.2. The molecule has 0 aromatic heterocycles. The molecule has 0 unspecified atom stereocenters. The molecule has 4 aliphatic rings. The second-order valence-electron chi connectivity index (χ2n) is 10.4. The average molecular weight is 574 g/mol. The van der Waals surface area contributed by atoms with Crippen molar-refractivity contribution >= 4 is 16.4 Å². The van der Waals surface area contributed by atoms with Crippen molar-refractivity contribution in [2.45, 2.75) is 58.3 Å². The van der Waals surface area contributed by atoms with Crippen LogP contribution in [0.25, 0.3) is 23.3 Å². The minimum atomic E-state index is 0.0472. The number of allylic oxidation sites excluding steroid dienone is 6. The van der Waals surface area contributed by atoms with Crippen molar-refractivity contribution < 1.29 is 24.2 Å². The van der Waals surface area contributed by atoms with E-state index in [0.29, 0.717) is 0 Å². The van der Waals surface area contributed by atoms with Gasteiger partial charge in [-0.15, -0.1) is 18.1 Å². The Labute approximate surface area is 246 Å². The number of benzene rings is 3. The van der Waals surface area contributed by atoms with Gasteiger partial charge in [-0.1, -0.05) is 57.4 Å². The van der Waals surface area contributed by atoms with Crippen LogP contribution in [0, 0.1) is 25.1 Å². The predicted octanol–water partition coefficient (Wildman–Crippen LogP) is 9.27. The SMILES string of the molecule is CC1(C)[C-]=Cc2cc3c(cc21)Cc1cc2c(cc1-3)C=CC2(C)C.[C-]1=CC=CC1.[CH2-]C.[CH2]=[Zr].[c-]1ccccc1. The molecule has 0 amide bonds. The summed E-state index contributed by atoms with van der Waals surface area (Å²) in [6.07, 6.45) is 21.4. The van der Waals surface area contributed by atoms with Gasteiger partial charge in [-0.05, 0) is 45.9 Å². The minimum absolute atomic E-state index is 0.0472. The molecule has 7 rings (SSSR count). The van der Waals surface area contributed by atoms with Gasteiger partial charge in [0.2, 0.25) is 0 Å². The van der Waals surface area contributed by atoms with Crippen molar-refractivity contribution in [3.63, 3.8) is 0 Å². The third kappa shape index (κ3) is 6.68. The molecule has 38 heavy (non-hydrogen) atoms. The van der Waals surface area contributed by atoms with E-state index in [1.807, 2.05) is 42.5 Å². The Morgan fingerprint density at radius 2 is 1.47 bits per heavy atom. The van der Waals surface area contributed by atoms with Gasteiger partial charge in [0.05, 0.1) is 0 Å². The van der Waals surface area contributed by atoms with Gasteiger partial charge >= 0.3 is 28.4 Å². The van der Waals surface area contributed by atoms with E-state index >= 15 is 0 Å². The van der Waals surface area contributed by atoms with Crippen LogP contribution >= 0.6 is 0 Å². The van der Waals surface area contributed by atoms with Gasteiger partial charge in [0.15, 0.2) is 0 Å². The van der Waals surface area contributed by atoms with Crippen molar-refractivity contribution in [1.29, 1.82) is 0 Å². The standard InChI is InChI=1S/C23H21.C6H5.C5H5.C2H5.CH2.Zr/c1-22(2)7-5-14-10-18-16(12-20(14)22)9-17-13-21-15(11-19(17)18)6-8-23(21,3)4;1-2-4-6-5-3-1;1-2-4-5-3-1;1-2;;/h5-7,10-13H,9H2,1-4H3;1-5H;1-3H,4H2;1H2,2H3;1H2;/q4*-1;;. The van der Waals surface area contributed by atoms with Gasteiger partial charge in [0.25, 0.3) is 0 Å². The molecule has 0 saturated heterocycles. The monoisotopic (exact) mass is 572 g/mol. The summed E-state index contributed by atoms with van der Waals surface area (Å²) in [4.78, 5) is 0. The van der Waals surface area contributed by atoms with Crippen molar-refractivity contribution in [3.8, 4) is 11.1 Å². The summed E-state index contributed by atoms with van der Waals surface area (Å²) in [6.45, 7) is 14.1. The van der Waals surface area contributed by atoms with E-state index in [4.69, 9.17) is 0 Å². The average Bonchev–Trinajstić information content (AvgIpc) is 3.74. The van der Waals surface area contributed by atoms with Crippen LogP contribution in [0.5, 0.6) is 0 Å². The Kier molecular flexibility index (Phi) is 10.6. The summed E-state index contributed by atoms with van der Waals surface area (Å²) in [5, 5.41) is 0. The number of hydrogen-bond acceptors (Lipinski definition) is 0. The van der Waals surface area contributed by atoms with Crippen molar-refractivity contribution in [2.75, 3.05) is 0 Å². The number of rotatable bonds is 0. The Morgan fingerprint density at radius 1 is 0.842 bits per heavy atom. The van der Waals surface area contributed by atoms with E-state index in [1.165, 1.54) is 68.7 Å². The summed E-state index contributed by atoms with van der Waals surface area (Å²) in [5.41, 5.74) is 11.7. The third-order valence-corrected chi connectivity index (χ3v) is 7.05. The first-order valence-corrected chi connectivity index (χ1v) is 14.9. The molecule has 0 fully saturated rings. The Bertz CT molecular complexity index is 1230. The van der Waals surface area contributed by atoms with E-state index in [1.54, 1.807) is 6.92 Å². The maximum Gasteiger partial charge on any atom is -0.171 e. The van der Waals surface area contributed by atoms with Gasteiger partial charge in [-0.2, -0.15) is 55.0 Å². The van der Waals surface area contributed by atoms with Crippen LogP contribution in [0.1, 0.15) is 74.4 Å². The fourth-order valence-corrected chi connectivity index (χ4v) is 5.08. The second kappa shape index (κ2) is 13.4. The summed E-state index contributed by atoms with van der Waals surface area (Å²) >= 11 is 1.30. The summed E-state index contributed by atoms with van der Waals surface area (Å²) in [5.74, 6) is 0. The number of hydrogen-bond donors (Lipinski definition) is 0. The van der Waals surface area contributed by atoms with Crippen LogP contribution in [0.2, 0.25) is 0 Å². The predicted molar refractivity (Wildman–Crippen MR) is 162 cm³/mol. The summed E-state index contributed by atoms with van der Waals surface area (Å²) < 4.78 is 3.34. The molecule has 0 atom stereocenters. The maximum atomic E-state index is 3.50. The van der Waals surface area contributed by atoms with Gasteiger partial charge in [0, 0.05) is 5.41 Å². The first kappa shape index (κ1) is 29.9. The molecule has 0 radical (unpaired) electrons. The zero-order chi connectivity index (χ0) is 27.8. The fourth-order valence-electron chi connectivity index (χ4n) is 5.08. The zero-order valence-corrected chi connectivity index (χ0v) is 25.9. The van der Waals surface area contributed by atoms with Gasteiger partial charge < -0.3 is 6.92 Å². The van der Waals surface area contributed by atoms with Crippen LogP contribution in [0.4, 0.5) is 0 Å². The quantitative estimate of drug-likeness (QED) is 0.184. The molecule has 0 bridgehead atoms. The van der Waals surface area contributed by atoms with Gasteiger partial charge in [0.1, 0.15) is 0 Å². The molecule has 194 valence electrons. The molecule has 3 aromatic carbocycles. The normalized spacial score (nSPS) is 16.1. The first-order chi connectivity index (χ1) is 18.4. The molecule has 1 heteroatoms. The van der Waals surface area contributed by atoms with Gasteiger partial charge in [-0.3, -0.25) is 12.2 Å². The van der Waals surface area contributed by atoms with Crippen LogP contribution in [0.3, 0.4) is 0 Å². The van der Waals surface area contributed by atoms with E-state index in [9.17, 15) is 0 Å². The molecule has 3 aromatic rings. The van der Waals surface area contributed by atoms with Crippen LogP contribution < -0.4 is 0 Å². The number of fused-ring (bicyclic) bond motifs is 5. The smallest absolute Gasteiger partial charge is 0.171 e. The minimum Gasteiger partial charge on any atom is -0.184 e. The largest absolute Gasteiger partial charge is 0.184 e. The molecule has 0 N–H and O–H groups in total. The van der Waals surface area contributed by atoms with Crippen molar-refractivity contribution in [1.82, 2.24) is 0 Å². The van der Waals surface area contributed by atoms with Crippen molar-refractivity contribution in [2.24, 2.45) is 0 Å². The van der Waals surface area contributed by atoms with E-state index < -0.39 is 0 Å². The van der Waals surface area contributed by atoms with Gasteiger partial charge in [-0.25, -0.2) is 18.2 Å². The molecule has 0 nitrogen and oxygen atoms in total. The van der Waals surface area contributed by atoms with Crippen LogP contribution in [-0.4, -0.2) is 4.21 Å². The summed E-state index contributed by atoms with van der Waals surface area (Å²) in [6, 6.07) is 22.2. The van der Waals surface area contributed by atoms with E-state index in [0.717, 1.165) is 12.8 Å². The van der Waals surface area contributed by atoms with Crippen LogP contribution in [0.15, 0.2) is 78.9 Å². The van der Waals surface area contributed by atoms with E-state index in [2.05, 4.69) is 106 Å². The molecule has 0 spiro atoms. The Hall–Kier alpha value is -2.63. The van der Waals surface area contributed by atoms with E-state index in [-0.39, 0.29) is 10.8 Å². The molecular weight excluding hydrogens is 536 g/mol. The molecule has 0 heterocycles. The maximum absolute atomic E-state index is 3.50. The Morgan fingerprint density at radius 3 is 1.97 bits per heavy atom. The zero-order valence-electron chi connectivity index (χ0n) is 23.5. The fraction of sp³-hybridized carbons (Fsp3) is 0.243.